The molecule has 1 amide bonds. The summed E-state index contributed by atoms with van der Waals surface area (Å²) in [5.41, 5.74) is -2.63. The van der Waals surface area contributed by atoms with Crippen molar-refractivity contribution >= 4 is 34.6 Å². The molecule has 0 saturated carbocycles. The maximum absolute atomic E-state index is 13.3. The third-order valence-electron chi connectivity index (χ3n) is 7.35. The van der Waals surface area contributed by atoms with Crippen LogP contribution in [0.4, 0.5) is 43.4 Å². The standard InChI is InChI=1S/C26H28ClF6N5O3.CH4/c27-22-3-2-19(16-20(22)25(28,29)30)36-13-11-35(12-14-36)8-7-24(39)37-9-5-17(6-10-37)34-18-1-4-23(38(40)41)21(15-18)26(31,32)33;/h1-4,15-17,34H,5-14H2;1H4. The zero-order valence-electron chi connectivity index (χ0n) is 21.8. The highest BCUT2D eigenvalue weighted by atomic mass is 35.5. The monoisotopic (exact) mass is 623 g/mol. The zero-order valence-corrected chi connectivity index (χ0v) is 22.5. The van der Waals surface area contributed by atoms with Gasteiger partial charge in [0.15, 0.2) is 0 Å². The van der Waals surface area contributed by atoms with Gasteiger partial charge < -0.3 is 15.1 Å². The van der Waals surface area contributed by atoms with Crippen LogP contribution >= 0.6 is 11.6 Å². The van der Waals surface area contributed by atoms with Gasteiger partial charge in [0, 0.05) is 75.7 Å². The smallest absolute Gasteiger partial charge is 0.382 e. The second-order valence-electron chi connectivity index (χ2n) is 10.0. The number of nitrogens with one attached hydrogen (secondary N) is 1. The van der Waals surface area contributed by atoms with Crippen molar-refractivity contribution in [2.45, 2.75) is 45.1 Å². The number of hydrogen-bond donors (Lipinski definition) is 1. The van der Waals surface area contributed by atoms with E-state index in [9.17, 15) is 41.3 Å². The Morgan fingerprint density at radius 1 is 0.929 bits per heavy atom. The largest absolute Gasteiger partial charge is 0.423 e. The topological polar surface area (TPSA) is 82.0 Å². The molecule has 1 N–H and O–H groups in total. The summed E-state index contributed by atoms with van der Waals surface area (Å²) in [5.74, 6) is -0.0481. The lowest BCUT2D eigenvalue weighted by molar-refractivity contribution is -0.388. The van der Waals surface area contributed by atoms with Gasteiger partial charge in [-0.25, -0.2) is 0 Å². The number of alkyl halides is 6. The second-order valence-corrected chi connectivity index (χ2v) is 10.4. The van der Waals surface area contributed by atoms with Gasteiger partial charge in [-0.3, -0.25) is 19.8 Å². The fraction of sp³-hybridized carbons (Fsp3) is 0.519. The third-order valence-corrected chi connectivity index (χ3v) is 7.68. The van der Waals surface area contributed by atoms with E-state index in [4.69, 9.17) is 11.6 Å². The van der Waals surface area contributed by atoms with Gasteiger partial charge in [-0.05, 0) is 43.2 Å². The Morgan fingerprint density at radius 2 is 1.55 bits per heavy atom. The summed E-state index contributed by atoms with van der Waals surface area (Å²) in [4.78, 5) is 28.3. The quantitative estimate of drug-likeness (QED) is 0.214. The number of amides is 1. The number of halogens is 7. The third kappa shape index (κ3) is 8.18. The molecule has 0 aromatic heterocycles. The van der Waals surface area contributed by atoms with Gasteiger partial charge in [-0.15, -0.1) is 0 Å². The summed E-state index contributed by atoms with van der Waals surface area (Å²) in [7, 11) is 0. The number of piperidine rings is 1. The number of anilines is 2. The Bertz CT molecular complexity index is 1260. The van der Waals surface area contributed by atoms with Crippen LogP contribution in [0.1, 0.15) is 37.8 Å². The van der Waals surface area contributed by atoms with Crippen molar-refractivity contribution in [2.75, 3.05) is 56.0 Å². The first-order chi connectivity index (χ1) is 19.2. The van der Waals surface area contributed by atoms with Crippen molar-refractivity contribution < 1.29 is 36.1 Å². The van der Waals surface area contributed by atoms with E-state index in [1.165, 1.54) is 12.1 Å². The van der Waals surface area contributed by atoms with Crippen LogP contribution in [0.15, 0.2) is 36.4 Å². The number of nitrogens with zero attached hydrogens (tertiary/aromatic N) is 4. The molecule has 0 spiro atoms. The van der Waals surface area contributed by atoms with Gasteiger partial charge in [0.1, 0.15) is 5.56 Å². The van der Waals surface area contributed by atoms with Gasteiger partial charge in [0.25, 0.3) is 5.69 Å². The number of likely N-dealkylation sites (tertiary alicyclic amines) is 1. The van der Waals surface area contributed by atoms with E-state index in [0.29, 0.717) is 64.3 Å². The maximum Gasteiger partial charge on any atom is 0.423 e. The average molecular weight is 624 g/mol. The summed E-state index contributed by atoms with van der Waals surface area (Å²) in [6.07, 6.45) is -8.13. The van der Waals surface area contributed by atoms with Gasteiger partial charge in [0.2, 0.25) is 5.91 Å². The predicted molar refractivity (Wildman–Crippen MR) is 148 cm³/mol. The Balaban J connectivity index is 0.00000484. The lowest BCUT2D eigenvalue weighted by Crippen LogP contribution is -2.48. The molecule has 2 aliphatic heterocycles. The van der Waals surface area contributed by atoms with Crippen LogP contribution in [0.25, 0.3) is 0 Å². The molecule has 232 valence electrons. The van der Waals surface area contributed by atoms with Gasteiger partial charge in [0.05, 0.1) is 15.5 Å². The van der Waals surface area contributed by atoms with E-state index in [1.54, 1.807) is 11.0 Å². The minimum atomic E-state index is -4.87. The normalized spacial score (nSPS) is 17.1. The molecule has 2 heterocycles. The molecule has 0 aliphatic carbocycles. The maximum atomic E-state index is 13.3. The van der Waals surface area contributed by atoms with E-state index < -0.39 is 34.1 Å². The van der Waals surface area contributed by atoms with E-state index >= 15 is 0 Å². The van der Waals surface area contributed by atoms with Crippen molar-refractivity contribution in [2.24, 2.45) is 0 Å². The van der Waals surface area contributed by atoms with Crippen molar-refractivity contribution in [3.05, 3.63) is 62.7 Å². The van der Waals surface area contributed by atoms with Crippen molar-refractivity contribution in [3.8, 4) is 0 Å². The first-order valence-corrected chi connectivity index (χ1v) is 13.3. The van der Waals surface area contributed by atoms with E-state index in [0.717, 1.165) is 18.2 Å². The van der Waals surface area contributed by atoms with Crippen LogP contribution in [-0.2, 0) is 17.1 Å². The number of rotatable bonds is 7. The minimum absolute atomic E-state index is 0. The molecule has 0 atom stereocenters. The highest BCUT2D eigenvalue weighted by Crippen LogP contribution is 2.38. The van der Waals surface area contributed by atoms with Gasteiger partial charge in [-0.1, -0.05) is 19.0 Å². The van der Waals surface area contributed by atoms with Gasteiger partial charge in [-0.2, -0.15) is 26.3 Å². The summed E-state index contributed by atoms with van der Waals surface area (Å²) < 4.78 is 79.3. The van der Waals surface area contributed by atoms with Crippen LogP contribution in [-0.4, -0.2) is 72.5 Å². The fourth-order valence-electron chi connectivity index (χ4n) is 5.09. The predicted octanol–water partition coefficient (Wildman–Crippen LogP) is 6.54. The number of nitro groups is 1. The number of carbonyl (C=O) groups is 1. The molecule has 2 aromatic carbocycles. The first kappa shape index (κ1) is 33.2. The molecular weight excluding hydrogens is 592 g/mol. The van der Waals surface area contributed by atoms with Crippen LogP contribution < -0.4 is 10.2 Å². The minimum Gasteiger partial charge on any atom is -0.382 e. The number of carbonyl (C=O) groups excluding carboxylic acids is 1. The molecule has 2 aliphatic rings. The number of benzene rings is 2. The van der Waals surface area contributed by atoms with Gasteiger partial charge >= 0.3 is 12.4 Å². The van der Waals surface area contributed by atoms with E-state index in [2.05, 4.69) is 10.2 Å². The number of piperazine rings is 1. The Kier molecular flexibility index (Phi) is 10.6. The molecule has 0 bridgehead atoms. The first-order valence-electron chi connectivity index (χ1n) is 13.0. The van der Waals surface area contributed by atoms with Crippen molar-refractivity contribution in [1.29, 1.82) is 0 Å². The van der Waals surface area contributed by atoms with Crippen LogP contribution in [0.3, 0.4) is 0 Å². The summed E-state index contributed by atoms with van der Waals surface area (Å²) in [6, 6.07) is 6.47. The summed E-state index contributed by atoms with van der Waals surface area (Å²) in [5, 5.41) is 13.6. The zero-order chi connectivity index (χ0) is 29.9. The summed E-state index contributed by atoms with van der Waals surface area (Å²) >= 11 is 5.71. The van der Waals surface area contributed by atoms with E-state index in [-0.39, 0.29) is 36.5 Å². The van der Waals surface area contributed by atoms with Crippen molar-refractivity contribution in [1.82, 2.24) is 9.80 Å². The molecule has 2 aromatic rings. The molecule has 4 rings (SSSR count). The Morgan fingerprint density at radius 3 is 2.12 bits per heavy atom. The highest BCUT2D eigenvalue weighted by molar-refractivity contribution is 6.31. The lowest BCUT2D eigenvalue weighted by Gasteiger charge is -2.37. The molecule has 2 saturated heterocycles. The second kappa shape index (κ2) is 13.4. The molecule has 0 radical (unpaired) electrons. The molecule has 0 unspecified atom stereocenters. The number of hydrogen-bond acceptors (Lipinski definition) is 6. The molecular formula is C27H32ClF6N5O3. The average Bonchev–Trinajstić information content (AvgIpc) is 2.91. The highest BCUT2D eigenvalue weighted by Gasteiger charge is 2.39. The number of nitro benzene ring substituents is 1. The fourth-order valence-corrected chi connectivity index (χ4v) is 5.31. The Hall–Kier alpha value is -3.26. The SMILES string of the molecule is C.O=C(CCN1CCN(c2ccc(Cl)c(C(F)(F)F)c2)CC1)N1CCC(Nc2ccc([N+](=O)[O-])c(C(F)(F)F)c2)CC1. The van der Waals surface area contributed by atoms with Crippen LogP contribution in [0, 0.1) is 10.1 Å². The van der Waals surface area contributed by atoms with Crippen LogP contribution in [0.5, 0.6) is 0 Å². The molecule has 2 fully saturated rings. The molecule has 42 heavy (non-hydrogen) atoms. The Labute approximate surface area is 244 Å². The van der Waals surface area contributed by atoms with Crippen molar-refractivity contribution in [3.63, 3.8) is 0 Å². The lowest BCUT2D eigenvalue weighted by atomic mass is 10.0. The molecule has 8 nitrogen and oxygen atoms in total. The molecule has 15 heteroatoms. The summed E-state index contributed by atoms with van der Waals surface area (Å²) in [6.45, 7) is 3.51. The van der Waals surface area contributed by atoms with Crippen LogP contribution in [0.2, 0.25) is 5.02 Å². The van der Waals surface area contributed by atoms with E-state index in [1.807, 2.05) is 4.90 Å².